The summed E-state index contributed by atoms with van der Waals surface area (Å²) in [6.45, 7) is 2.30. The summed E-state index contributed by atoms with van der Waals surface area (Å²) in [6, 6.07) is 3.46. The van der Waals surface area contributed by atoms with Crippen LogP contribution >= 0.6 is 22.9 Å². The SMILES string of the molecule is Cc1ccn(Cc2nnc(Cl)s2)c(=O)c1. The molecule has 0 fully saturated rings. The molecule has 0 saturated carbocycles. The second-order valence-electron chi connectivity index (χ2n) is 3.12. The van der Waals surface area contributed by atoms with Gasteiger partial charge in [-0.3, -0.25) is 4.79 Å². The standard InChI is InChI=1S/C9H8ClN3OS/c1-6-2-3-13(8(14)4-6)5-7-11-12-9(10)15-7/h2-4H,5H2,1H3. The molecule has 0 aliphatic rings. The van der Waals surface area contributed by atoms with Crippen molar-refractivity contribution in [3.63, 3.8) is 0 Å². The number of hydrogen-bond acceptors (Lipinski definition) is 4. The topological polar surface area (TPSA) is 47.8 Å². The Labute approximate surface area is 95.2 Å². The van der Waals surface area contributed by atoms with E-state index in [1.54, 1.807) is 16.8 Å². The van der Waals surface area contributed by atoms with Crippen molar-refractivity contribution in [2.45, 2.75) is 13.5 Å². The average molecular weight is 242 g/mol. The van der Waals surface area contributed by atoms with E-state index in [0.717, 1.165) is 10.6 Å². The van der Waals surface area contributed by atoms with Crippen LogP contribution < -0.4 is 5.56 Å². The monoisotopic (exact) mass is 241 g/mol. The Balaban J connectivity index is 2.28. The first kappa shape index (κ1) is 10.3. The lowest BCUT2D eigenvalue weighted by Crippen LogP contribution is -2.19. The molecule has 0 bridgehead atoms. The Morgan fingerprint density at radius 2 is 2.33 bits per heavy atom. The minimum Gasteiger partial charge on any atom is -0.309 e. The molecule has 0 aliphatic carbocycles. The quantitative estimate of drug-likeness (QED) is 0.804. The first-order chi connectivity index (χ1) is 7.15. The molecule has 0 amide bonds. The Morgan fingerprint density at radius 3 is 2.93 bits per heavy atom. The average Bonchev–Trinajstić information content (AvgIpc) is 2.56. The fraction of sp³-hybridized carbons (Fsp3) is 0.222. The van der Waals surface area contributed by atoms with Gasteiger partial charge in [-0.2, -0.15) is 0 Å². The first-order valence-corrected chi connectivity index (χ1v) is 5.49. The molecule has 15 heavy (non-hydrogen) atoms. The van der Waals surface area contributed by atoms with E-state index >= 15 is 0 Å². The molecule has 0 unspecified atom stereocenters. The molecule has 2 rings (SSSR count). The van der Waals surface area contributed by atoms with Crippen LogP contribution in [0.1, 0.15) is 10.6 Å². The number of halogens is 1. The molecule has 2 heterocycles. The van der Waals surface area contributed by atoms with Crippen molar-refractivity contribution in [1.82, 2.24) is 14.8 Å². The van der Waals surface area contributed by atoms with E-state index in [2.05, 4.69) is 10.2 Å². The summed E-state index contributed by atoms with van der Waals surface area (Å²) in [4.78, 5) is 11.5. The van der Waals surface area contributed by atoms with Crippen LogP contribution in [0.25, 0.3) is 0 Å². The maximum atomic E-state index is 11.5. The molecule has 2 aromatic rings. The zero-order chi connectivity index (χ0) is 10.8. The molecular weight excluding hydrogens is 234 g/mol. The van der Waals surface area contributed by atoms with Crippen LogP contribution in [0.4, 0.5) is 0 Å². The lowest BCUT2D eigenvalue weighted by atomic mass is 10.3. The third kappa shape index (κ3) is 2.43. The number of aromatic nitrogens is 3. The van der Waals surface area contributed by atoms with E-state index in [1.807, 2.05) is 13.0 Å². The lowest BCUT2D eigenvalue weighted by Gasteiger charge is -2.01. The Hall–Kier alpha value is -1.20. The van der Waals surface area contributed by atoms with Crippen molar-refractivity contribution in [1.29, 1.82) is 0 Å². The predicted molar refractivity (Wildman–Crippen MR) is 59.5 cm³/mol. The fourth-order valence-corrected chi connectivity index (χ4v) is 2.05. The summed E-state index contributed by atoms with van der Waals surface area (Å²) < 4.78 is 1.97. The minimum atomic E-state index is -0.0404. The van der Waals surface area contributed by atoms with Crippen LogP contribution in [0.5, 0.6) is 0 Å². The van der Waals surface area contributed by atoms with Crippen LogP contribution in [0.3, 0.4) is 0 Å². The second kappa shape index (κ2) is 4.12. The largest absolute Gasteiger partial charge is 0.309 e. The molecular formula is C9H8ClN3OS. The van der Waals surface area contributed by atoms with E-state index in [1.165, 1.54) is 11.3 Å². The molecule has 0 radical (unpaired) electrons. The van der Waals surface area contributed by atoms with Crippen molar-refractivity contribution < 1.29 is 0 Å². The van der Waals surface area contributed by atoms with Gasteiger partial charge in [0.1, 0.15) is 5.01 Å². The van der Waals surface area contributed by atoms with E-state index in [0.29, 0.717) is 11.0 Å². The maximum absolute atomic E-state index is 11.5. The van der Waals surface area contributed by atoms with E-state index < -0.39 is 0 Å². The molecule has 0 N–H and O–H groups in total. The van der Waals surface area contributed by atoms with Gasteiger partial charge in [0, 0.05) is 12.3 Å². The third-order valence-corrected chi connectivity index (χ3v) is 2.90. The highest BCUT2D eigenvalue weighted by Crippen LogP contribution is 2.15. The summed E-state index contributed by atoms with van der Waals surface area (Å²) in [5.74, 6) is 0. The van der Waals surface area contributed by atoms with Gasteiger partial charge in [-0.25, -0.2) is 0 Å². The Kier molecular flexibility index (Phi) is 2.83. The van der Waals surface area contributed by atoms with Crippen molar-refractivity contribution in [2.24, 2.45) is 0 Å². The molecule has 4 nitrogen and oxygen atoms in total. The van der Waals surface area contributed by atoms with Gasteiger partial charge in [0.2, 0.25) is 4.47 Å². The van der Waals surface area contributed by atoms with Gasteiger partial charge in [-0.1, -0.05) is 11.3 Å². The summed E-state index contributed by atoms with van der Waals surface area (Å²) in [5, 5.41) is 8.26. The van der Waals surface area contributed by atoms with Gasteiger partial charge in [0.25, 0.3) is 5.56 Å². The Bertz CT molecular complexity index is 534. The zero-order valence-corrected chi connectivity index (χ0v) is 9.55. The van der Waals surface area contributed by atoms with Crippen LogP contribution in [0.2, 0.25) is 4.47 Å². The molecule has 0 aliphatic heterocycles. The molecule has 6 heteroatoms. The van der Waals surface area contributed by atoms with Crippen molar-refractivity contribution in [3.8, 4) is 0 Å². The van der Waals surface area contributed by atoms with Crippen LogP contribution in [0.15, 0.2) is 23.1 Å². The molecule has 0 spiro atoms. The summed E-state index contributed by atoms with van der Waals surface area (Å²) >= 11 is 6.93. The van der Waals surface area contributed by atoms with Crippen molar-refractivity contribution in [3.05, 3.63) is 43.7 Å². The second-order valence-corrected chi connectivity index (χ2v) is 4.76. The van der Waals surface area contributed by atoms with Gasteiger partial charge >= 0.3 is 0 Å². The summed E-state index contributed by atoms with van der Waals surface area (Å²) in [7, 11) is 0. The predicted octanol–water partition coefficient (Wildman–Crippen LogP) is 1.71. The number of hydrogen-bond donors (Lipinski definition) is 0. The smallest absolute Gasteiger partial charge is 0.251 e. The lowest BCUT2D eigenvalue weighted by molar-refractivity contribution is 0.742. The van der Waals surface area contributed by atoms with Crippen molar-refractivity contribution in [2.75, 3.05) is 0 Å². The highest BCUT2D eigenvalue weighted by molar-refractivity contribution is 7.15. The minimum absolute atomic E-state index is 0.0404. The fourth-order valence-electron chi connectivity index (χ4n) is 1.18. The molecule has 0 atom stereocenters. The normalized spacial score (nSPS) is 10.5. The van der Waals surface area contributed by atoms with Gasteiger partial charge in [0.15, 0.2) is 0 Å². The highest BCUT2D eigenvalue weighted by Gasteiger charge is 2.03. The first-order valence-electron chi connectivity index (χ1n) is 4.30. The van der Waals surface area contributed by atoms with Crippen molar-refractivity contribution >= 4 is 22.9 Å². The van der Waals surface area contributed by atoms with Gasteiger partial charge in [0.05, 0.1) is 6.54 Å². The van der Waals surface area contributed by atoms with Crippen LogP contribution in [-0.4, -0.2) is 14.8 Å². The summed E-state index contributed by atoms with van der Waals surface area (Å²) in [6.07, 6.45) is 1.74. The Morgan fingerprint density at radius 1 is 1.53 bits per heavy atom. The number of aryl methyl sites for hydroxylation is 1. The van der Waals surface area contributed by atoms with Gasteiger partial charge < -0.3 is 4.57 Å². The third-order valence-electron chi connectivity index (χ3n) is 1.90. The number of rotatable bonds is 2. The maximum Gasteiger partial charge on any atom is 0.251 e. The molecule has 78 valence electrons. The molecule has 0 aromatic carbocycles. The number of nitrogens with zero attached hydrogens (tertiary/aromatic N) is 3. The van der Waals surface area contributed by atoms with E-state index in [9.17, 15) is 4.79 Å². The van der Waals surface area contributed by atoms with Gasteiger partial charge in [-0.05, 0) is 30.2 Å². The summed E-state index contributed by atoms with van der Waals surface area (Å²) in [5.41, 5.74) is 0.910. The molecule has 0 saturated heterocycles. The van der Waals surface area contributed by atoms with Gasteiger partial charge in [-0.15, -0.1) is 10.2 Å². The zero-order valence-electron chi connectivity index (χ0n) is 7.98. The highest BCUT2D eigenvalue weighted by atomic mass is 35.5. The van der Waals surface area contributed by atoms with Crippen LogP contribution in [-0.2, 0) is 6.54 Å². The van der Waals surface area contributed by atoms with Crippen LogP contribution in [0, 0.1) is 6.92 Å². The van der Waals surface area contributed by atoms with E-state index in [4.69, 9.17) is 11.6 Å². The number of pyridine rings is 1. The molecule has 2 aromatic heterocycles. The van der Waals surface area contributed by atoms with E-state index in [-0.39, 0.29) is 5.56 Å².